The van der Waals surface area contributed by atoms with Crippen LogP contribution in [0.2, 0.25) is 0 Å². The smallest absolute Gasteiger partial charge is 0.228 e. The van der Waals surface area contributed by atoms with Gasteiger partial charge in [-0.25, -0.2) is 0 Å². The predicted molar refractivity (Wildman–Crippen MR) is 78.8 cm³/mol. The van der Waals surface area contributed by atoms with Gasteiger partial charge in [-0.1, -0.05) is 41.5 Å². The molecule has 0 saturated carbocycles. The average molecular weight is 270 g/mol. The number of carbonyl (C=O) groups excluding carboxylic acids is 2. The van der Waals surface area contributed by atoms with Crippen molar-refractivity contribution in [3.63, 3.8) is 0 Å². The summed E-state index contributed by atoms with van der Waals surface area (Å²) in [5.41, 5.74) is -0.707. The van der Waals surface area contributed by atoms with Gasteiger partial charge in [0.2, 0.25) is 11.8 Å². The van der Waals surface area contributed by atoms with E-state index in [9.17, 15) is 9.59 Å². The molecule has 0 atom stereocenters. The first kappa shape index (κ1) is 17.9. The molecule has 0 aliphatic heterocycles. The highest BCUT2D eigenvalue weighted by molar-refractivity contribution is 5.82. The number of hydrogen-bond acceptors (Lipinski definition) is 2. The topological polar surface area (TPSA) is 40.6 Å². The Morgan fingerprint density at radius 1 is 0.842 bits per heavy atom. The van der Waals surface area contributed by atoms with E-state index in [1.807, 2.05) is 41.5 Å². The van der Waals surface area contributed by atoms with E-state index >= 15 is 0 Å². The zero-order chi connectivity index (χ0) is 15.4. The summed E-state index contributed by atoms with van der Waals surface area (Å²) in [6.07, 6.45) is 0.812. The van der Waals surface area contributed by atoms with Crippen molar-refractivity contribution >= 4 is 11.8 Å². The Kier molecular flexibility index (Phi) is 6.04. The molecule has 4 nitrogen and oxygen atoms in total. The molecule has 0 aromatic carbocycles. The van der Waals surface area contributed by atoms with Crippen LogP contribution in [0.1, 0.15) is 48.0 Å². The van der Waals surface area contributed by atoms with Gasteiger partial charge < -0.3 is 9.80 Å². The van der Waals surface area contributed by atoms with Gasteiger partial charge >= 0.3 is 0 Å². The second-order valence-corrected chi connectivity index (χ2v) is 6.94. The molecule has 0 aliphatic rings. The van der Waals surface area contributed by atoms with E-state index < -0.39 is 0 Å². The molecule has 0 spiro atoms. The number of hydrogen-bond donors (Lipinski definition) is 0. The van der Waals surface area contributed by atoms with Crippen LogP contribution >= 0.6 is 0 Å². The first-order chi connectivity index (χ1) is 8.43. The van der Waals surface area contributed by atoms with Crippen molar-refractivity contribution in [2.75, 3.05) is 27.2 Å². The Balaban J connectivity index is 4.43. The molecule has 0 unspecified atom stereocenters. The van der Waals surface area contributed by atoms with E-state index in [1.165, 1.54) is 0 Å². The number of likely N-dealkylation sites (N-methyl/N-ethyl adjacent to an activating group) is 2. The highest BCUT2D eigenvalue weighted by Gasteiger charge is 2.29. The van der Waals surface area contributed by atoms with Crippen molar-refractivity contribution in [1.29, 1.82) is 0 Å². The maximum Gasteiger partial charge on any atom is 0.228 e. The van der Waals surface area contributed by atoms with Crippen LogP contribution in [0.5, 0.6) is 0 Å². The third kappa shape index (κ3) is 5.21. The third-order valence-electron chi connectivity index (χ3n) is 3.57. The second kappa shape index (κ2) is 6.40. The molecule has 0 rings (SSSR count). The van der Waals surface area contributed by atoms with Crippen molar-refractivity contribution in [2.24, 2.45) is 10.8 Å². The Morgan fingerprint density at radius 3 is 1.53 bits per heavy atom. The highest BCUT2D eigenvalue weighted by Crippen LogP contribution is 2.22. The van der Waals surface area contributed by atoms with Gasteiger partial charge in [-0.2, -0.15) is 0 Å². The standard InChI is InChI=1S/C15H30N2O2/c1-9-15(5,6)13(19)17(8)11-10-16(7)12(18)14(2,3)4/h9-11H2,1-8H3. The molecule has 0 aromatic heterocycles. The van der Waals surface area contributed by atoms with Crippen LogP contribution in [0.25, 0.3) is 0 Å². The van der Waals surface area contributed by atoms with Gasteiger partial charge in [-0.15, -0.1) is 0 Å². The Morgan fingerprint density at radius 2 is 1.21 bits per heavy atom. The molecule has 0 heterocycles. The lowest BCUT2D eigenvalue weighted by atomic mass is 9.88. The molecule has 19 heavy (non-hydrogen) atoms. The van der Waals surface area contributed by atoms with E-state index in [-0.39, 0.29) is 22.6 Å². The summed E-state index contributed by atoms with van der Waals surface area (Å²) in [6, 6.07) is 0. The van der Waals surface area contributed by atoms with Crippen LogP contribution < -0.4 is 0 Å². The normalized spacial score (nSPS) is 12.2. The Hall–Kier alpha value is -1.06. The molecule has 0 N–H and O–H groups in total. The maximum absolute atomic E-state index is 12.2. The van der Waals surface area contributed by atoms with Crippen LogP contribution in [0.3, 0.4) is 0 Å². The molecule has 2 amide bonds. The SMILES string of the molecule is CCC(C)(C)C(=O)N(C)CCN(C)C(=O)C(C)(C)C. The molecule has 4 heteroatoms. The largest absolute Gasteiger partial charge is 0.344 e. The summed E-state index contributed by atoms with van der Waals surface area (Å²) in [7, 11) is 3.59. The lowest BCUT2D eigenvalue weighted by molar-refractivity contribution is -0.142. The molecule has 0 radical (unpaired) electrons. The summed E-state index contributed by atoms with van der Waals surface area (Å²) in [4.78, 5) is 27.6. The van der Waals surface area contributed by atoms with E-state index in [2.05, 4.69) is 0 Å². The fourth-order valence-corrected chi connectivity index (χ4v) is 1.74. The summed E-state index contributed by atoms with van der Waals surface area (Å²) in [6.45, 7) is 12.8. The highest BCUT2D eigenvalue weighted by atomic mass is 16.2. The molecule has 0 bridgehead atoms. The maximum atomic E-state index is 12.2. The van der Waals surface area contributed by atoms with Crippen molar-refractivity contribution in [3.05, 3.63) is 0 Å². The van der Waals surface area contributed by atoms with Crippen molar-refractivity contribution in [2.45, 2.75) is 48.0 Å². The fourth-order valence-electron chi connectivity index (χ4n) is 1.74. The Bertz CT molecular complexity index is 330. The molecule has 0 saturated heterocycles. The van der Waals surface area contributed by atoms with Crippen LogP contribution in [-0.2, 0) is 9.59 Å². The van der Waals surface area contributed by atoms with Crippen molar-refractivity contribution in [3.8, 4) is 0 Å². The van der Waals surface area contributed by atoms with Gasteiger partial charge in [0.25, 0.3) is 0 Å². The minimum Gasteiger partial charge on any atom is -0.344 e. The summed E-state index contributed by atoms with van der Waals surface area (Å²) >= 11 is 0. The molecule has 112 valence electrons. The van der Waals surface area contributed by atoms with Gasteiger partial charge in [0, 0.05) is 38.0 Å². The number of nitrogens with zero attached hydrogens (tertiary/aromatic N) is 2. The molecular formula is C15H30N2O2. The molecule has 0 aromatic rings. The zero-order valence-corrected chi connectivity index (χ0v) is 13.8. The second-order valence-electron chi connectivity index (χ2n) is 6.94. The number of carbonyl (C=O) groups is 2. The summed E-state index contributed by atoms with van der Waals surface area (Å²) in [5, 5.41) is 0. The minimum absolute atomic E-state index is 0.100. The van der Waals surface area contributed by atoms with Crippen molar-refractivity contribution < 1.29 is 9.59 Å². The van der Waals surface area contributed by atoms with Crippen LogP contribution in [0.15, 0.2) is 0 Å². The number of rotatable bonds is 5. The van der Waals surface area contributed by atoms with E-state index in [1.54, 1.807) is 23.9 Å². The number of amides is 2. The van der Waals surface area contributed by atoms with Gasteiger partial charge in [0.15, 0.2) is 0 Å². The lowest BCUT2D eigenvalue weighted by Crippen LogP contribution is -2.44. The van der Waals surface area contributed by atoms with E-state index in [4.69, 9.17) is 0 Å². The Labute approximate surface area is 118 Å². The van der Waals surface area contributed by atoms with Gasteiger partial charge in [0.1, 0.15) is 0 Å². The molecule has 0 aliphatic carbocycles. The fraction of sp³-hybridized carbons (Fsp3) is 0.867. The quantitative estimate of drug-likeness (QED) is 0.769. The van der Waals surface area contributed by atoms with Gasteiger partial charge in [-0.05, 0) is 6.42 Å². The molecule has 0 fully saturated rings. The van der Waals surface area contributed by atoms with Crippen LogP contribution in [0, 0.1) is 10.8 Å². The van der Waals surface area contributed by atoms with Crippen molar-refractivity contribution in [1.82, 2.24) is 9.80 Å². The average Bonchev–Trinajstić information content (AvgIpc) is 2.32. The first-order valence-corrected chi connectivity index (χ1v) is 6.94. The van der Waals surface area contributed by atoms with E-state index in [0.29, 0.717) is 13.1 Å². The third-order valence-corrected chi connectivity index (χ3v) is 3.57. The lowest BCUT2D eigenvalue weighted by Gasteiger charge is -2.31. The van der Waals surface area contributed by atoms with E-state index in [0.717, 1.165) is 6.42 Å². The monoisotopic (exact) mass is 270 g/mol. The first-order valence-electron chi connectivity index (χ1n) is 6.94. The van der Waals surface area contributed by atoms with Crippen LogP contribution in [-0.4, -0.2) is 48.8 Å². The predicted octanol–water partition coefficient (Wildman–Crippen LogP) is 2.39. The summed E-state index contributed by atoms with van der Waals surface area (Å²) < 4.78 is 0. The van der Waals surface area contributed by atoms with Gasteiger partial charge in [-0.3, -0.25) is 9.59 Å². The zero-order valence-electron chi connectivity index (χ0n) is 13.8. The minimum atomic E-state index is -0.375. The summed E-state index contributed by atoms with van der Waals surface area (Å²) in [5.74, 6) is 0.231. The van der Waals surface area contributed by atoms with Gasteiger partial charge in [0.05, 0.1) is 0 Å². The van der Waals surface area contributed by atoms with Crippen LogP contribution in [0.4, 0.5) is 0 Å². The molecular weight excluding hydrogens is 240 g/mol.